The van der Waals surface area contributed by atoms with Gasteiger partial charge in [-0.1, -0.05) is 84.5 Å². The van der Waals surface area contributed by atoms with E-state index in [0.29, 0.717) is 6.10 Å². The van der Waals surface area contributed by atoms with Crippen LogP contribution in [0.5, 0.6) is 0 Å². The van der Waals surface area contributed by atoms with Gasteiger partial charge in [0.2, 0.25) is 0 Å². The number of hydrogen-bond donors (Lipinski definition) is 0. The van der Waals surface area contributed by atoms with Gasteiger partial charge in [0, 0.05) is 6.61 Å². The van der Waals surface area contributed by atoms with E-state index in [9.17, 15) is 0 Å². The Balaban J connectivity index is 3.34. The van der Waals surface area contributed by atoms with Crippen LogP contribution in [0, 0.1) is 0 Å². The molecule has 0 spiro atoms. The molecule has 0 aromatic carbocycles. The fourth-order valence-electron chi connectivity index (χ4n) is 3.05. The summed E-state index contributed by atoms with van der Waals surface area (Å²) in [5, 5.41) is 0. The van der Waals surface area contributed by atoms with Crippen molar-refractivity contribution in [2.45, 2.75) is 123 Å². The summed E-state index contributed by atoms with van der Waals surface area (Å²) < 4.78 is 11.5. The molecule has 0 fully saturated rings. The van der Waals surface area contributed by atoms with Gasteiger partial charge in [0.25, 0.3) is 0 Å². The van der Waals surface area contributed by atoms with E-state index < -0.39 is 0 Å². The quantitative estimate of drug-likeness (QED) is 0.255. The van der Waals surface area contributed by atoms with Crippen LogP contribution in [0.2, 0.25) is 0 Å². The molecule has 23 heavy (non-hydrogen) atoms. The summed E-state index contributed by atoms with van der Waals surface area (Å²) in [6, 6.07) is 0. The predicted octanol–water partition coefficient (Wildman–Crippen LogP) is 6.91. The Morgan fingerprint density at radius 1 is 0.652 bits per heavy atom. The summed E-state index contributed by atoms with van der Waals surface area (Å²) >= 11 is 0. The third-order valence-electron chi connectivity index (χ3n) is 4.60. The first-order valence-electron chi connectivity index (χ1n) is 10.5. The maximum atomic E-state index is 5.97. The lowest BCUT2D eigenvalue weighted by Crippen LogP contribution is -2.21. The van der Waals surface area contributed by atoms with Crippen molar-refractivity contribution in [3.05, 3.63) is 0 Å². The second-order valence-electron chi connectivity index (χ2n) is 6.95. The maximum Gasteiger partial charge on any atom is 0.0780 e. The van der Waals surface area contributed by atoms with Crippen LogP contribution in [0.1, 0.15) is 111 Å². The van der Waals surface area contributed by atoms with Crippen molar-refractivity contribution in [3.8, 4) is 0 Å². The molecule has 0 amide bonds. The van der Waals surface area contributed by atoms with E-state index in [0.717, 1.165) is 19.6 Å². The van der Waals surface area contributed by atoms with Crippen molar-refractivity contribution in [2.24, 2.45) is 0 Å². The Morgan fingerprint density at radius 3 is 1.65 bits per heavy atom. The molecular formula is C21H44O2. The third kappa shape index (κ3) is 16.6. The Bertz CT molecular complexity index is 218. The third-order valence-corrected chi connectivity index (χ3v) is 4.60. The lowest BCUT2D eigenvalue weighted by Gasteiger charge is -2.19. The number of hydrogen-bond acceptors (Lipinski definition) is 2. The van der Waals surface area contributed by atoms with Gasteiger partial charge in [-0.3, -0.25) is 0 Å². The molecule has 0 bridgehead atoms. The van der Waals surface area contributed by atoms with E-state index in [-0.39, 0.29) is 6.10 Å². The van der Waals surface area contributed by atoms with Crippen molar-refractivity contribution in [1.29, 1.82) is 0 Å². The minimum absolute atomic E-state index is 0.228. The van der Waals surface area contributed by atoms with E-state index in [1.54, 1.807) is 0 Å². The van der Waals surface area contributed by atoms with Gasteiger partial charge >= 0.3 is 0 Å². The lowest BCUT2D eigenvalue weighted by atomic mass is 10.0. The average molecular weight is 329 g/mol. The van der Waals surface area contributed by atoms with Crippen LogP contribution >= 0.6 is 0 Å². The Hall–Kier alpha value is -0.0800. The van der Waals surface area contributed by atoms with Gasteiger partial charge in [0.15, 0.2) is 0 Å². The van der Waals surface area contributed by atoms with Crippen molar-refractivity contribution < 1.29 is 9.47 Å². The van der Waals surface area contributed by atoms with E-state index in [4.69, 9.17) is 9.47 Å². The predicted molar refractivity (Wildman–Crippen MR) is 102 cm³/mol. The Labute approximate surface area is 146 Å². The normalized spacial score (nSPS) is 14.1. The summed E-state index contributed by atoms with van der Waals surface area (Å²) in [5.74, 6) is 0. The van der Waals surface area contributed by atoms with E-state index in [2.05, 4.69) is 20.8 Å². The molecule has 0 saturated heterocycles. The highest BCUT2D eigenvalue weighted by Gasteiger charge is 2.09. The molecule has 2 unspecified atom stereocenters. The summed E-state index contributed by atoms with van der Waals surface area (Å²) in [7, 11) is 0. The number of rotatable bonds is 18. The smallest absolute Gasteiger partial charge is 0.0780 e. The summed E-state index contributed by atoms with van der Waals surface area (Å²) in [4.78, 5) is 0. The maximum absolute atomic E-state index is 5.97. The monoisotopic (exact) mass is 328 g/mol. The van der Waals surface area contributed by atoms with Gasteiger partial charge in [-0.25, -0.2) is 0 Å². The molecule has 0 aromatic rings. The Morgan fingerprint density at radius 2 is 1.17 bits per heavy atom. The molecule has 2 atom stereocenters. The standard InChI is InChI=1S/C21H44O2/c1-5-8-9-10-11-12-13-14-15-16-17-18-21(6-2)23-19-20(4)22-7-3/h20-21H,5-19H2,1-4H3. The molecule has 0 aliphatic carbocycles. The zero-order chi connectivity index (χ0) is 17.2. The molecule has 0 aromatic heterocycles. The molecule has 0 aliphatic heterocycles. The van der Waals surface area contributed by atoms with E-state index >= 15 is 0 Å². The van der Waals surface area contributed by atoms with Crippen LogP contribution in [-0.2, 0) is 9.47 Å². The van der Waals surface area contributed by atoms with Crippen LogP contribution in [0.25, 0.3) is 0 Å². The molecule has 0 radical (unpaired) electrons. The van der Waals surface area contributed by atoms with Gasteiger partial charge in [-0.15, -0.1) is 0 Å². The SMILES string of the molecule is CCCCCCCCCCCCCC(CC)OCC(C)OCC. The van der Waals surface area contributed by atoms with Gasteiger partial charge in [0.1, 0.15) is 0 Å². The summed E-state index contributed by atoms with van der Waals surface area (Å²) in [6.45, 7) is 10.2. The van der Waals surface area contributed by atoms with Crippen LogP contribution in [0.4, 0.5) is 0 Å². The summed E-state index contributed by atoms with van der Waals surface area (Å²) in [5.41, 5.74) is 0. The van der Waals surface area contributed by atoms with Crippen LogP contribution in [0.15, 0.2) is 0 Å². The molecular weight excluding hydrogens is 284 g/mol. The number of unbranched alkanes of at least 4 members (excludes halogenated alkanes) is 10. The minimum atomic E-state index is 0.228. The highest BCUT2D eigenvalue weighted by molar-refractivity contribution is 4.58. The van der Waals surface area contributed by atoms with Crippen LogP contribution in [0.3, 0.4) is 0 Å². The molecule has 0 N–H and O–H groups in total. The van der Waals surface area contributed by atoms with Crippen LogP contribution in [-0.4, -0.2) is 25.4 Å². The topological polar surface area (TPSA) is 18.5 Å². The molecule has 0 rings (SSSR count). The van der Waals surface area contributed by atoms with Crippen molar-refractivity contribution in [2.75, 3.05) is 13.2 Å². The zero-order valence-electron chi connectivity index (χ0n) is 16.6. The van der Waals surface area contributed by atoms with Gasteiger partial charge < -0.3 is 9.47 Å². The van der Waals surface area contributed by atoms with Gasteiger partial charge in [0.05, 0.1) is 18.8 Å². The first-order chi connectivity index (χ1) is 11.2. The average Bonchev–Trinajstić information content (AvgIpc) is 2.55. The van der Waals surface area contributed by atoms with Crippen LogP contribution < -0.4 is 0 Å². The van der Waals surface area contributed by atoms with Crippen molar-refractivity contribution >= 4 is 0 Å². The molecule has 0 saturated carbocycles. The highest BCUT2D eigenvalue weighted by Crippen LogP contribution is 2.14. The first kappa shape index (κ1) is 22.9. The fraction of sp³-hybridized carbons (Fsp3) is 1.00. The number of ether oxygens (including phenoxy) is 2. The van der Waals surface area contributed by atoms with Crippen molar-refractivity contribution in [1.82, 2.24) is 0 Å². The Kier molecular flexibility index (Phi) is 18.2. The van der Waals surface area contributed by atoms with Gasteiger partial charge in [-0.05, 0) is 26.7 Å². The van der Waals surface area contributed by atoms with Gasteiger partial charge in [-0.2, -0.15) is 0 Å². The zero-order valence-corrected chi connectivity index (χ0v) is 16.6. The van der Waals surface area contributed by atoms with Crippen molar-refractivity contribution in [3.63, 3.8) is 0 Å². The van der Waals surface area contributed by atoms with E-state index in [1.165, 1.54) is 77.0 Å². The fourth-order valence-corrected chi connectivity index (χ4v) is 3.05. The largest absolute Gasteiger partial charge is 0.376 e. The summed E-state index contributed by atoms with van der Waals surface area (Å²) in [6.07, 6.45) is 18.5. The minimum Gasteiger partial charge on any atom is -0.376 e. The molecule has 0 aliphatic rings. The molecule has 2 nitrogen and oxygen atoms in total. The lowest BCUT2D eigenvalue weighted by molar-refractivity contribution is -0.0370. The second-order valence-corrected chi connectivity index (χ2v) is 6.95. The highest BCUT2D eigenvalue weighted by atomic mass is 16.5. The van der Waals surface area contributed by atoms with E-state index in [1.807, 2.05) is 6.92 Å². The first-order valence-corrected chi connectivity index (χ1v) is 10.5. The molecule has 2 heteroatoms. The second kappa shape index (κ2) is 18.3. The molecule has 0 heterocycles. The molecule has 140 valence electrons.